The maximum atomic E-state index is 12.7. The Labute approximate surface area is 174 Å². The third-order valence-corrected chi connectivity index (χ3v) is 4.60. The average molecular weight is 409 g/mol. The fourth-order valence-electron chi connectivity index (χ4n) is 2.90. The highest BCUT2D eigenvalue weighted by molar-refractivity contribution is 6.31. The van der Waals surface area contributed by atoms with Crippen LogP contribution in [-0.4, -0.2) is 25.5 Å². The van der Waals surface area contributed by atoms with E-state index in [1.807, 2.05) is 30.3 Å². The Bertz CT molecular complexity index is 1010. The number of nitrogens with one attached hydrogen (secondary N) is 2. The number of hydrogen-bond acceptors (Lipinski definition) is 3. The fourth-order valence-corrected chi connectivity index (χ4v) is 3.07. The van der Waals surface area contributed by atoms with Crippen LogP contribution < -0.4 is 15.4 Å². The fraction of sp³-hybridized carbons (Fsp3) is 0.130. The molecule has 0 heterocycles. The molecule has 148 valence electrons. The normalized spacial score (nSPS) is 10.3. The summed E-state index contributed by atoms with van der Waals surface area (Å²) in [4.78, 5) is 25.4. The molecule has 3 aromatic carbocycles. The summed E-state index contributed by atoms with van der Waals surface area (Å²) in [5, 5.41) is 6.10. The van der Waals surface area contributed by atoms with Gasteiger partial charge in [0.05, 0.1) is 23.9 Å². The molecule has 6 heteroatoms. The minimum atomic E-state index is -0.408. The molecule has 0 saturated heterocycles. The first kappa shape index (κ1) is 20.4. The van der Waals surface area contributed by atoms with E-state index in [2.05, 4.69) is 10.6 Å². The predicted octanol–water partition coefficient (Wildman–Crippen LogP) is 4.57. The number of halogens is 1. The van der Waals surface area contributed by atoms with E-state index in [1.54, 1.807) is 36.4 Å². The van der Waals surface area contributed by atoms with Crippen molar-refractivity contribution < 1.29 is 14.3 Å². The first-order valence-corrected chi connectivity index (χ1v) is 9.52. The molecule has 0 spiro atoms. The van der Waals surface area contributed by atoms with E-state index in [0.717, 1.165) is 12.0 Å². The predicted molar refractivity (Wildman–Crippen MR) is 115 cm³/mol. The van der Waals surface area contributed by atoms with Crippen molar-refractivity contribution in [1.82, 2.24) is 5.32 Å². The van der Waals surface area contributed by atoms with E-state index >= 15 is 0 Å². The topological polar surface area (TPSA) is 67.4 Å². The number of benzene rings is 3. The van der Waals surface area contributed by atoms with Crippen LogP contribution in [0.3, 0.4) is 0 Å². The van der Waals surface area contributed by atoms with Gasteiger partial charge in [0.2, 0.25) is 0 Å². The summed E-state index contributed by atoms with van der Waals surface area (Å²) in [5.74, 6) is -0.263. The van der Waals surface area contributed by atoms with E-state index in [1.165, 1.54) is 13.2 Å². The van der Waals surface area contributed by atoms with E-state index in [4.69, 9.17) is 16.3 Å². The molecular formula is C23H21ClN2O3. The monoisotopic (exact) mass is 408 g/mol. The van der Waals surface area contributed by atoms with Gasteiger partial charge in [0, 0.05) is 11.6 Å². The first-order chi connectivity index (χ1) is 14.1. The third-order valence-electron chi connectivity index (χ3n) is 4.37. The molecule has 0 saturated carbocycles. The number of rotatable bonds is 7. The van der Waals surface area contributed by atoms with Crippen LogP contribution in [-0.2, 0) is 6.42 Å². The summed E-state index contributed by atoms with van der Waals surface area (Å²) >= 11 is 6.01. The lowest BCUT2D eigenvalue weighted by Crippen LogP contribution is -2.27. The molecule has 0 unspecified atom stereocenters. The van der Waals surface area contributed by atoms with Crippen LogP contribution in [0.1, 0.15) is 26.3 Å². The molecule has 0 atom stereocenters. The van der Waals surface area contributed by atoms with Crippen molar-refractivity contribution in [1.29, 1.82) is 0 Å². The minimum absolute atomic E-state index is 0.255. The number of carbonyl (C=O) groups excluding carboxylic acids is 2. The van der Waals surface area contributed by atoms with Gasteiger partial charge in [-0.05, 0) is 42.3 Å². The molecule has 0 aliphatic heterocycles. The lowest BCUT2D eigenvalue weighted by atomic mass is 10.1. The molecule has 5 nitrogen and oxygen atoms in total. The van der Waals surface area contributed by atoms with Crippen LogP contribution in [0, 0.1) is 0 Å². The summed E-state index contributed by atoms with van der Waals surface area (Å²) in [7, 11) is 1.48. The number of amides is 2. The molecule has 2 amide bonds. The summed E-state index contributed by atoms with van der Waals surface area (Å²) < 4.78 is 5.23. The van der Waals surface area contributed by atoms with Gasteiger partial charge in [0.25, 0.3) is 11.8 Å². The largest absolute Gasteiger partial charge is 0.496 e. The summed E-state index contributed by atoms with van der Waals surface area (Å²) in [6.45, 7) is 0.493. The molecule has 0 radical (unpaired) electrons. The van der Waals surface area contributed by atoms with Crippen LogP contribution in [0.25, 0.3) is 0 Å². The lowest BCUT2D eigenvalue weighted by Gasteiger charge is -2.13. The van der Waals surface area contributed by atoms with E-state index in [0.29, 0.717) is 34.1 Å². The van der Waals surface area contributed by atoms with Gasteiger partial charge in [0.1, 0.15) is 5.75 Å². The smallest absolute Gasteiger partial charge is 0.259 e. The number of carbonyl (C=O) groups is 2. The lowest BCUT2D eigenvalue weighted by molar-refractivity contribution is 0.0955. The third kappa shape index (κ3) is 5.36. The van der Waals surface area contributed by atoms with Crippen molar-refractivity contribution in [2.45, 2.75) is 6.42 Å². The van der Waals surface area contributed by atoms with Crippen LogP contribution >= 0.6 is 11.6 Å². The molecule has 29 heavy (non-hydrogen) atoms. The first-order valence-electron chi connectivity index (χ1n) is 9.14. The maximum Gasteiger partial charge on any atom is 0.259 e. The summed E-state index contributed by atoms with van der Waals surface area (Å²) in [6.07, 6.45) is 0.723. The van der Waals surface area contributed by atoms with Crippen LogP contribution in [0.5, 0.6) is 5.75 Å². The van der Waals surface area contributed by atoms with Gasteiger partial charge in [0.15, 0.2) is 0 Å². The SMILES string of the molecule is COc1ccc(Cl)cc1C(=O)Nc1ccccc1C(=O)NCCc1ccccc1. The van der Waals surface area contributed by atoms with Crippen molar-refractivity contribution in [3.05, 3.63) is 94.5 Å². The second-order valence-corrected chi connectivity index (χ2v) is 6.77. The van der Waals surface area contributed by atoms with Crippen LogP contribution in [0.15, 0.2) is 72.8 Å². The Kier molecular flexibility index (Phi) is 6.87. The van der Waals surface area contributed by atoms with Crippen molar-refractivity contribution in [2.75, 3.05) is 19.0 Å². The Morgan fingerprint density at radius 1 is 0.897 bits per heavy atom. The Morgan fingerprint density at radius 2 is 1.62 bits per heavy atom. The number of anilines is 1. The number of para-hydroxylation sites is 1. The zero-order chi connectivity index (χ0) is 20.6. The second-order valence-electron chi connectivity index (χ2n) is 6.34. The molecule has 0 fully saturated rings. The van der Waals surface area contributed by atoms with Crippen LogP contribution in [0.4, 0.5) is 5.69 Å². The molecule has 2 N–H and O–H groups in total. The highest BCUT2D eigenvalue weighted by Gasteiger charge is 2.17. The quantitative estimate of drug-likeness (QED) is 0.601. The maximum absolute atomic E-state index is 12.7. The Morgan fingerprint density at radius 3 is 2.38 bits per heavy atom. The summed E-state index contributed by atoms with van der Waals surface area (Å²) in [6, 6.07) is 21.6. The Hall–Kier alpha value is -3.31. The molecule has 0 bridgehead atoms. The van der Waals surface area contributed by atoms with Crippen molar-refractivity contribution in [3.8, 4) is 5.75 Å². The average Bonchev–Trinajstić information content (AvgIpc) is 2.74. The number of hydrogen-bond donors (Lipinski definition) is 2. The molecule has 0 aromatic heterocycles. The molecule has 3 aromatic rings. The Balaban J connectivity index is 1.71. The van der Waals surface area contributed by atoms with Crippen LogP contribution in [0.2, 0.25) is 5.02 Å². The van der Waals surface area contributed by atoms with E-state index in [-0.39, 0.29) is 5.91 Å². The van der Waals surface area contributed by atoms with Gasteiger partial charge in [-0.15, -0.1) is 0 Å². The second kappa shape index (κ2) is 9.75. The van der Waals surface area contributed by atoms with Gasteiger partial charge < -0.3 is 15.4 Å². The van der Waals surface area contributed by atoms with E-state index in [9.17, 15) is 9.59 Å². The van der Waals surface area contributed by atoms with Crippen molar-refractivity contribution in [3.63, 3.8) is 0 Å². The number of methoxy groups -OCH3 is 1. The van der Waals surface area contributed by atoms with Gasteiger partial charge in [-0.25, -0.2) is 0 Å². The van der Waals surface area contributed by atoms with Crippen molar-refractivity contribution >= 4 is 29.1 Å². The van der Waals surface area contributed by atoms with Crippen molar-refractivity contribution in [2.24, 2.45) is 0 Å². The summed E-state index contributed by atoms with van der Waals surface area (Å²) in [5.41, 5.74) is 2.23. The van der Waals surface area contributed by atoms with E-state index < -0.39 is 5.91 Å². The molecule has 3 rings (SSSR count). The number of ether oxygens (including phenoxy) is 1. The molecule has 0 aliphatic rings. The molecular weight excluding hydrogens is 388 g/mol. The van der Waals surface area contributed by atoms with Gasteiger partial charge in [-0.3, -0.25) is 9.59 Å². The molecule has 0 aliphatic carbocycles. The minimum Gasteiger partial charge on any atom is -0.496 e. The standard InChI is InChI=1S/C23H21ClN2O3/c1-29-21-12-11-17(24)15-19(21)23(28)26-20-10-6-5-9-18(20)22(27)25-14-13-16-7-3-2-4-8-16/h2-12,15H,13-14H2,1H3,(H,25,27)(H,26,28). The van der Waals surface area contributed by atoms with Gasteiger partial charge in [-0.1, -0.05) is 54.1 Å². The zero-order valence-corrected chi connectivity index (χ0v) is 16.7. The van der Waals surface area contributed by atoms with Gasteiger partial charge >= 0.3 is 0 Å². The van der Waals surface area contributed by atoms with Gasteiger partial charge in [-0.2, -0.15) is 0 Å². The highest BCUT2D eigenvalue weighted by Crippen LogP contribution is 2.24. The highest BCUT2D eigenvalue weighted by atomic mass is 35.5. The zero-order valence-electron chi connectivity index (χ0n) is 15.9.